The van der Waals surface area contributed by atoms with E-state index in [0.717, 1.165) is 23.5 Å². The fraction of sp³-hybridized carbons (Fsp3) is 0.0769. The highest BCUT2D eigenvalue weighted by Gasteiger charge is 2.14. The average molecular weight is 330 g/mol. The fourth-order valence-corrected chi connectivity index (χ4v) is 2.49. The molecule has 2 N–H and O–H groups in total. The smallest absolute Gasteiger partial charge is 0.338 e. The van der Waals surface area contributed by atoms with Crippen molar-refractivity contribution in [3.63, 3.8) is 0 Å². The van der Waals surface area contributed by atoms with Crippen molar-refractivity contribution in [3.8, 4) is 5.75 Å². The van der Waals surface area contributed by atoms with Crippen LogP contribution < -0.4 is 10.1 Å². The van der Waals surface area contributed by atoms with Gasteiger partial charge in [0.1, 0.15) is 16.6 Å². The molecule has 0 atom stereocenters. The van der Waals surface area contributed by atoms with Crippen molar-refractivity contribution in [2.75, 3.05) is 11.9 Å². The molecular weight excluding hydrogens is 321 g/mol. The number of thiophene rings is 1. The summed E-state index contributed by atoms with van der Waals surface area (Å²) in [6.45, 7) is -0.373. The van der Waals surface area contributed by atoms with Crippen LogP contribution in [0.25, 0.3) is 0 Å². The number of anilines is 1. The van der Waals surface area contributed by atoms with Crippen LogP contribution in [0.15, 0.2) is 29.6 Å². The number of carbonyl (C=O) groups excluding carboxylic acids is 1. The number of carbonyl (C=O) groups is 2. The first-order valence-electron chi connectivity index (χ1n) is 5.66. The third-order valence-corrected chi connectivity index (χ3v) is 3.53. The molecule has 1 amide bonds. The maximum absolute atomic E-state index is 12.8. The van der Waals surface area contributed by atoms with E-state index in [-0.39, 0.29) is 27.9 Å². The van der Waals surface area contributed by atoms with Gasteiger partial charge >= 0.3 is 5.97 Å². The summed E-state index contributed by atoms with van der Waals surface area (Å²) in [6, 6.07) is 4.91. The number of hydrogen-bond donors (Lipinski definition) is 2. The summed E-state index contributed by atoms with van der Waals surface area (Å²) in [5, 5.41) is 13.2. The van der Waals surface area contributed by atoms with Gasteiger partial charge in [0.25, 0.3) is 5.91 Å². The lowest BCUT2D eigenvalue weighted by Gasteiger charge is -2.08. The fourth-order valence-electron chi connectivity index (χ4n) is 1.47. The van der Waals surface area contributed by atoms with Gasteiger partial charge in [0.05, 0.1) is 10.6 Å². The molecule has 0 aliphatic carbocycles. The predicted molar refractivity (Wildman–Crippen MR) is 76.8 cm³/mol. The Morgan fingerprint density at radius 3 is 2.81 bits per heavy atom. The van der Waals surface area contributed by atoms with E-state index in [1.54, 1.807) is 5.38 Å². The molecule has 2 aromatic rings. The Labute approximate surface area is 127 Å². The summed E-state index contributed by atoms with van der Waals surface area (Å²) in [7, 11) is 0. The average Bonchev–Trinajstić information content (AvgIpc) is 2.86. The minimum atomic E-state index is -1.13. The number of amides is 1. The summed E-state index contributed by atoms with van der Waals surface area (Å²) >= 11 is 6.84. The van der Waals surface area contributed by atoms with Gasteiger partial charge in [-0.25, -0.2) is 9.18 Å². The highest BCUT2D eigenvalue weighted by Crippen LogP contribution is 2.25. The molecule has 0 fully saturated rings. The highest BCUT2D eigenvalue weighted by atomic mass is 35.5. The largest absolute Gasteiger partial charge is 0.482 e. The second kappa shape index (κ2) is 6.55. The molecule has 0 aliphatic rings. The molecule has 110 valence electrons. The lowest BCUT2D eigenvalue weighted by Crippen LogP contribution is -2.20. The predicted octanol–water partition coefficient (Wildman–Crippen LogP) is 3.26. The van der Waals surface area contributed by atoms with E-state index >= 15 is 0 Å². The molecule has 1 heterocycles. The number of carboxylic acids is 1. The summed E-state index contributed by atoms with van der Waals surface area (Å²) in [4.78, 5) is 22.6. The number of rotatable bonds is 5. The Bertz CT molecular complexity index is 689. The molecule has 0 aliphatic heterocycles. The van der Waals surface area contributed by atoms with Crippen LogP contribution in [-0.2, 0) is 4.79 Å². The molecule has 5 nitrogen and oxygen atoms in total. The first kappa shape index (κ1) is 15.3. The topological polar surface area (TPSA) is 75.6 Å². The molecule has 1 aromatic heterocycles. The van der Waals surface area contributed by atoms with Crippen LogP contribution in [0.4, 0.5) is 9.39 Å². The molecule has 0 unspecified atom stereocenters. The molecule has 0 saturated carbocycles. The molecule has 8 heteroatoms. The van der Waals surface area contributed by atoms with E-state index in [1.807, 2.05) is 0 Å². The molecule has 0 saturated heterocycles. The van der Waals surface area contributed by atoms with Gasteiger partial charge in [0.2, 0.25) is 0 Å². The third kappa shape index (κ3) is 3.93. The van der Waals surface area contributed by atoms with E-state index in [2.05, 4.69) is 5.32 Å². The first-order chi connectivity index (χ1) is 9.97. The molecule has 1 aromatic carbocycles. The first-order valence-corrected chi connectivity index (χ1v) is 6.91. The van der Waals surface area contributed by atoms with Crippen molar-refractivity contribution in [1.82, 2.24) is 0 Å². The Kier molecular flexibility index (Phi) is 4.77. The Morgan fingerprint density at radius 2 is 2.14 bits per heavy atom. The maximum Gasteiger partial charge on any atom is 0.338 e. The molecule has 2 rings (SSSR count). The standard InChI is InChI=1S/C13H9ClFNO4S/c14-9-5-7(15)1-2-10(9)20-6-11(17)16-12-8(13(18)19)3-4-21-12/h1-5H,6H2,(H,16,17)(H,18,19). The van der Waals surface area contributed by atoms with Gasteiger partial charge in [0.15, 0.2) is 6.61 Å². The minimum absolute atomic E-state index is 0.00756. The zero-order valence-electron chi connectivity index (χ0n) is 10.4. The minimum Gasteiger partial charge on any atom is -0.482 e. The Hall–Kier alpha value is -2.12. The number of ether oxygens (including phenoxy) is 1. The van der Waals surface area contributed by atoms with Gasteiger partial charge < -0.3 is 15.2 Å². The van der Waals surface area contributed by atoms with Crippen LogP contribution in [0.3, 0.4) is 0 Å². The van der Waals surface area contributed by atoms with Gasteiger partial charge in [-0.1, -0.05) is 11.6 Å². The number of carboxylic acid groups (broad SMARTS) is 1. The van der Waals surface area contributed by atoms with Crippen LogP contribution >= 0.6 is 22.9 Å². The van der Waals surface area contributed by atoms with Crippen LogP contribution in [0.1, 0.15) is 10.4 Å². The molecule has 0 spiro atoms. The van der Waals surface area contributed by atoms with Gasteiger partial charge in [-0.3, -0.25) is 4.79 Å². The highest BCUT2D eigenvalue weighted by molar-refractivity contribution is 7.14. The maximum atomic E-state index is 12.8. The zero-order valence-corrected chi connectivity index (χ0v) is 12.0. The number of nitrogens with one attached hydrogen (secondary N) is 1. The number of halogens is 2. The van der Waals surface area contributed by atoms with Crippen molar-refractivity contribution in [3.05, 3.63) is 46.0 Å². The second-order valence-corrected chi connectivity index (χ2v) is 5.20. The monoisotopic (exact) mass is 329 g/mol. The quantitative estimate of drug-likeness (QED) is 0.883. The van der Waals surface area contributed by atoms with E-state index in [4.69, 9.17) is 21.4 Å². The van der Waals surface area contributed by atoms with Gasteiger partial charge in [-0.05, 0) is 29.6 Å². The SMILES string of the molecule is O=C(COc1ccc(F)cc1Cl)Nc1sccc1C(=O)O. The molecule has 0 radical (unpaired) electrons. The van der Waals surface area contributed by atoms with Gasteiger partial charge in [-0.2, -0.15) is 0 Å². The normalized spacial score (nSPS) is 10.2. The van der Waals surface area contributed by atoms with E-state index in [9.17, 15) is 14.0 Å². The zero-order chi connectivity index (χ0) is 15.4. The van der Waals surface area contributed by atoms with Crippen molar-refractivity contribution in [1.29, 1.82) is 0 Å². The van der Waals surface area contributed by atoms with Crippen LogP contribution in [0.5, 0.6) is 5.75 Å². The Balaban J connectivity index is 1.96. The van der Waals surface area contributed by atoms with Crippen LogP contribution in [0, 0.1) is 5.82 Å². The van der Waals surface area contributed by atoms with Crippen LogP contribution in [0.2, 0.25) is 5.02 Å². The van der Waals surface area contributed by atoms with Crippen molar-refractivity contribution >= 4 is 39.8 Å². The van der Waals surface area contributed by atoms with Crippen molar-refractivity contribution in [2.45, 2.75) is 0 Å². The number of aromatic carboxylic acids is 1. The third-order valence-electron chi connectivity index (χ3n) is 2.40. The molecule has 0 bridgehead atoms. The number of benzene rings is 1. The van der Waals surface area contributed by atoms with Crippen molar-refractivity contribution < 1.29 is 23.8 Å². The van der Waals surface area contributed by atoms with Crippen LogP contribution in [-0.4, -0.2) is 23.6 Å². The summed E-state index contributed by atoms with van der Waals surface area (Å²) in [5.41, 5.74) is 0.00756. The Morgan fingerprint density at radius 1 is 1.38 bits per heavy atom. The molecular formula is C13H9ClFNO4S. The lowest BCUT2D eigenvalue weighted by atomic mass is 10.3. The summed E-state index contributed by atoms with van der Waals surface area (Å²) in [5.74, 6) is -2.02. The summed E-state index contributed by atoms with van der Waals surface area (Å²) in [6.07, 6.45) is 0. The van der Waals surface area contributed by atoms with Gasteiger partial charge in [-0.15, -0.1) is 11.3 Å². The molecule has 21 heavy (non-hydrogen) atoms. The number of hydrogen-bond acceptors (Lipinski definition) is 4. The van der Waals surface area contributed by atoms with E-state index < -0.39 is 17.7 Å². The van der Waals surface area contributed by atoms with Gasteiger partial charge in [0, 0.05) is 0 Å². The summed E-state index contributed by atoms with van der Waals surface area (Å²) < 4.78 is 18.0. The second-order valence-electron chi connectivity index (χ2n) is 3.88. The lowest BCUT2D eigenvalue weighted by molar-refractivity contribution is -0.118. The van der Waals surface area contributed by atoms with Crippen molar-refractivity contribution in [2.24, 2.45) is 0 Å². The van der Waals surface area contributed by atoms with E-state index in [0.29, 0.717) is 0 Å². The van der Waals surface area contributed by atoms with E-state index in [1.165, 1.54) is 12.1 Å².